The number of esters is 1. The van der Waals surface area contributed by atoms with E-state index in [0.29, 0.717) is 11.0 Å². The Morgan fingerprint density at radius 3 is 2.83 bits per heavy atom. The van der Waals surface area contributed by atoms with Crippen molar-refractivity contribution in [3.05, 3.63) is 58.6 Å². The van der Waals surface area contributed by atoms with Crippen LogP contribution in [0.15, 0.2) is 42.5 Å². The van der Waals surface area contributed by atoms with Crippen molar-refractivity contribution in [3.63, 3.8) is 0 Å². The minimum atomic E-state index is -0.295. The van der Waals surface area contributed by atoms with Crippen LogP contribution in [0, 0.1) is 6.92 Å². The number of nitrogens with zero attached hydrogens (tertiary/aromatic N) is 1. The number of aryl methyl sites for hydroxylation is 1. The van der Waals surface area contributed by atoms with Gasteiger partial charge in [0.15, 0.2) is 0 Å². The molecule has 1 unspecified atom stereocenters. The maximum atomic E-state index is 11.8. The van der Waals surface area contributed by atoms with Gasteiger partial charge in [0.2, 0.25) is 5.95 Å². The molecule has 0 fully saturated rings. The quantitative estimate of drug-likeness (QED) is 0.680. The molecule has 0 aliphatic rings. The Morgan fingerprint density at radius 2 is 2.12 bits per heavy atom. The second-order valence-electron chi connectivity index (χ2n) is 5.59. The summed E-state index contributed by atoms with van der Waals surface area (Å²) in [6, 6.07) is 13.2. The zero-order chi connectivity index (χ0) is 17.1. The fraction of sp³-hybridized carbons (Fsp3) is 0.222. The predicted octanol–water partition coefficient (Wildman–Crippen LogP) is 4.24. The molecular weight excluding hydrogens is 326 g/mol. The van der Waals surface area contributed by atoms with Gasteiger partial charge in [0.25, 0.3) is 0 Å². The maximum Gasteiger partial charge on any atom is 0.307 e. The summed E-state index contributed by atoms with van der Waals surface area (Å²) in [6.45, 7) is 1.93. The van der Waals surface area contributed by atoms with Crippen LogP contribution in [0.25, 0.3) is 11.0 Å². The Morgan fingerprint density at radius 1 is 1.33 bits per heavy atom. The van der Waals surface area contributed by atoms with Crippen molar-refractivity contribution < 1.29 is 9.53 Å². The summed E-state index contributed by atoms with van der Waals surface area (Å²) in [7, 11) is 1.38. The number of halogens is 1. The van der Waals surface area contributed by atoms with E-state index in [1.54, 1.807) is 0 Å². The van der Waals surface area contributed by atoms with E-state index in [2.05, 4.69) is 15.3 Å². The number of anilines is 1. The molecule has 5 nitrogen and oxygen atoms in total. The molecule has 0 bridgehead atoms. The number of nitrogens with one attached hydrogen (secondary N) is 2. The number of ether oxygens (including phenoxy) is 1. The number of fused-ring (bicyclic) bond motifs is 1. The van der Waals surface area contributed by atoms with Gasteiger partial charge in [0, 0.05) is 5.02 Å². The first-order chi connectivity index (χ1) is 11.6. The Balaban J connectivity index is 1.91. The van der Waals surface area contributed by atoms with Crippen LogP contribution in [-0.4, -0.2) is 23.0 Å². The van der Waals surface area contributed by atoms with E-state index in [4.69, 9.17) is 16.3 Å². The normalized spacial score (nSPS) is 12.1. The molecule has 6 heteroatoms. The average molecular weight is 344 g/mol. The highest BCUT2D eigenvalue weighted by molar-refractivity contribution is 6.31. The van der Waals surface area contributed by atoms with Crippen LogP contribution in [-0.2, 0) is 9.53 Å². The van der Waals surface area contributed by atoms with Gasteiger partial charge in [-0.1, -0.05) is 35.9 Å². The number of hydrogen-bond acceptors (Lipinski definition) is 4. The van der Waals surface area contributed by atoms with Crippen LogP contribution in [0.5, 0.6) is 0 Å². The van der Waals surface area contributed by atoms with Crippen LogP contribution in [0.2, 0.25) is 5.02 Å². The Labute approximate surface area is 145 Å². The molecule has 0 aliphatic carbocycles. The molecule has 2 aromatic carbocycles. The summed E-state index contributed by atoms with van der Waals surface area (Å²) in [6.07, 6.45) is 0.189. The number of carbonyl (C=O) groups is 1. The number of carbonyl (C=O) groups excluding carboxylic acids is 1. The zero-order valence-corrected chi connectivity index (χ0v) is 14.2. The molecule has 0 saturated carbocycles. The standard InChI is InChI=1S/C18H18ClN3O2/c1-11-9-12(7-8-13(11)19)16(10-17(23)24-2)22-18-20-14-5-3-4-6-15(14)21-18/h3-9,16H,10H2,1-2H3,(H2,20,21,22). The van der Waals surface area contributed by atoms with Crippen LogP contribution in [0.4, 0.5) is 5.95 Å². The Hall–Kier alpha value is -2.53. The van der Waals surface area contributed by atoms with Gasteiger partial charge >= 0.3 is 5.97 Å². The molecule has 124 valence electrons. The molecule has 0 radical (unpaired) electrons. The van der Waals surface area contributed by atoms with Crippen LogP contribution in [0.1, 0.15) is 23.6 Å². The van der Waals surface area contributed by atoms with E-state index in [9.17, 15) is 4.79 Å². The van der Waals surface area contributed by atoms with Gasteiger partial charge in [0.1, 0.15) is 0 Å². The fourth-order valence-electron chi connectivity index (χ4n) is 2.57. The molecule has 1 atom stereocenters. The average Bonchev–Trinajstić information content (AvgIpc) is 2.99. The predicted molar refractivity (Wildman–Crippen MR) is 95.3 cm³/mol. The third kappa shape index (κ3) is 3.51. The van der Waals surface area contributed by atoms with Crippen molar-refractivity contribution in [3.8, 4) is 0 Å². The first-order valence-electron chi connectivity index (χ1n) is 7.61. The number of methoxy groups -OCH3 is 1. The second kappa shape index (κ2) is 6.93. The lowest BCUT2D eigenvalue weighted by Crippen LogP contribution is -2.17. The number of aromatic amines is 1. The van der Waals surface area contributed by atoms with Gasteiger partial charge < -0.3 is 15.0 Å². The summed E-state index contributed by atoms with van der Waals surface area (Å²) in [5, 5.41) is 3.98. The third-order valence-electron chi connectivity index (χ3n) is 3.88. The van der Waals surface area contributed by atoms with E-state index >= 15 is 0 Å². The van der Waals surface area contributed by atoms with Crippen LogP contribution >= 0.6 is 11.6 Å². The number of imidazole rings is 1. The summed E-state index contributed by atoms with van der Waals surface area (Å²) in [5.41, 5.74) is 3.70. The van der Waals surface area contributed by atoms with E-state index in [0.717, 1.165) is 22.2 Å². The van der Waals surface area contributed by atoms with E-state index < -0.39 is 0 Å². The van der Waals surface area contributed by atoms with E-state index in [-0.39, 0.29) is 18.4 Å². The molecular formula is C18H18ClN3O2. The SMILES string of the molecule is COC(=O)CC(Nc1nc2ccccc2[nH]1)c1ccc(Cl)c(C)c1. The summed E-state index contributed by atoms with van der Waals surface area (Å²) in [4.78, 5) is 19.5. The lowest BCUT2D eigenvalue weighted by Gasteiger charge is -2.18. The molecule has 24 heavy (non-hydrogen) atoms. The van der Waals surface area contributed by atoms with Gasteiger partial charge in [-0.3, -0.25) is 4.79 Å². The summed E-state index contributed by atoms with van der Waals surface area (Å²) >= 11 is 6.10. The summed E-state index contributed by atoms with van der Waals surface area (Å²) < 4.78 is 4.82. The lowest BCUT2D eigenvalue weighted by molar-refractivity contribution is -0.140. The zero-order valence-electron chi connectivity index (χ0n) is 13.5. The number of benzene rings is 2. The molecule has 0 aliphatic heterocycles. The largest absolute Gasteiger partial charge is 0.469 e. The highest BCUT2D eigenvalue weighted by atomic mass is 35.5. The van der Waals surface area contributed by atoms with Crippen molar-refractivity contribution in [2.45, 2.75) is 19.4 Å². The van der Waals surface area contributed by atoms with Gasteiger partial charge in [-0.25, -0.2) is 4.98 Å². The fourth-order valence-corrected chi connectivity index (χ4v) is 2.69. The summed E-state index contributed by atoms with van der Waals surface area (Å²) in [5.74, 6) is 0.314. The minimum Gasteiger partial charge on any atom is -0.469 e. The highest BCUT2D eigenvalue weighted by Gasteiger charge is 2.18. The monoisotopic (exact) mass is 343 g/mol. The molecule has 1 heterocycles. The Bertz CT molecular complexity index is 843. The second-order valence-corrected chi connectivity index (χ2v) is 6.00. The molecule has 3 aromatic rings. The highest BCUT2D eigenvalue weighted by Crippen LogP contribution is 2.26. The van der Waals surface area contributed by atoms with Crippen LogP contribution in [0.3, 0.4) is 0 Å². The van der Waals surface area contributed by atoms with Crippen molar-refractivity contribution in [2.75, 3.05) is 12.4 Å². The van der Waals surface area contributed by atoms with Crippen molar-refractivity contribution >= 4 is 34.6 Å². The number of aromatic nitrogens is 2. The smallest absolute Gasteiger partial charge is 0.307 e. The Kier molecular flexibility index (Phi) is 4.71. The van der Waals surface area contributed by atoms with Crippen LogP contribution < -0.4 is 5.32 Å². The van der Waals surface area contributed by atoms with Crippen molar-refractivity contribution in [1.82, 2.24) is 9.97 Å². The van der Waals surface area contributed by atoms with Crippen molar-refractivity contribution in [1.29, 1.82) is 0 Å². The first kappa shape index (κ1) is 16.3. The topological polar surface area (TPSA) is 67.0 Å². The third-order valence-corrected chi connectivity index (χ3v) is 4.31. The van der Waals surface area contributed by atoms with E-state index in [1.165, 1.54) is 7.11 Å². The van der Waals surface area contributed by atoms with Gasteiger partial charge in [-0.2, -0.15) is 0 Å². The maximum absolute atomic E-state index is 11.8. The molecule has 3 rings (SSSR count). The van der Waals surface area contributed by atoms with Gasteiger partial charge in [-0.15, -0.1) is 0 Å². The molecule has 2 N–H and O–H groups in total. The van der Waals surface area contributed by atoms with Crippen molar-refractivity contribution in [2.24, 2.45) is 0 Å². The molecule has 0 spiro atoms. The van der Waals surface area contributed by atoms with E-state index in [1.807, 2.05) is 49.4 Å². The van der Waals surface area contributed by atoms with Gasteiger partial charge in [0.05, 0.1) is 30.6 Å². The number of rotatable bonds is 5. The molecule has 0 saturated heterocycles. The number of hydrogen-bond donors (Lipinski definition) is 2. The first-order valence-corrected chi connectivity index (χ1v) is 7.99. The number of para-hydroxylation sites is 2. The van der Waals surface area contributed by atoms with Gasteiger partial charge in [-0.05, 0) is 36.2 Å². The lowest BCUT2D eigenvalue weighted by atomic mass is 10.0. The molecule has 0 amide bonds. The minimum absolute atomic E-state index is 0.189. The molecule has 1 aromatic heterocycles. The number of H-pyrrole nitrogens is 1.